The summed E-state index contributed by atoms with van der Waals surface area (Å²) in [5.41, 5.74) is 2.90. The Labute approximate surface area is 186 Å². The van der Waals surface area contributed by atoms with Gasteiger partial charge in [0.1, 0.15) is 17.4 Å². The van der Waals surface area contributed by atoms with Crippen molar-refractivity contribution in [2.75, 3.05) is 13.6 Å². The molecule has 170 valence electrons. The molecular weight excluding hydrogens is 451 g/mol. The van der Waals surface area contributed by atoms with E-state index in [1.54, 1.807) is 11.9 Å². The number of aromatic nitrogens is 2. The van der Waals surface area contributed by atoms with E-state index in [4.69, 9.17) is 16.3 Å². The first kappa shape index (κ1) is 23.5. The van der Waals surface area contributed by atoms with Gasteiger partial charge in [0.2, 0.25) is 5.88 Å². The van der Waals surface area contributed by atoms with E-state index in [0.717, 1.165) is 6.07 Å². The van der Waals surface area contributed by atoms with Crippen LogP contribution in [0, 0.1) is 0 Å². The molecule has 1 aliphatic heterocycles. The van der Waals surface area contributed by atoms with E-state index in [9.17, 15) is 23.1 Å². The number of nitrogens with one attached hydrogen (secondary N) is 1. The van der Waals surface area contributed by atoms with Gasteiger partial charge in [-0.15, -0.1) is 0 Å². The number of nitrogens with zero attached hydrogens (tertiary/aromatic N) is 4. The average molecular weight is 470 g/mol. The van der Waals surface area contributed by atoms with Gasteiger partial charge in [0.05, 0.1) is 29.7 Å². The zero-order chi connectivity index (χ0) is 23.3. The molecule has 0 bridgehead atoms. The number of aliphatic hydroxyl groups excluding tert-OH is 1. The number of allylic oxidation sites excluding steroid dienone is 2. The zero-order valence-corrected chi connectivity index (χ0v) is 17.6. The highest BCUT2D eigenvalue weighted by atomic mass is 35.5. The molecule has 0 saturated carbocycles. The van der Waals surface area contributed by atoms with E-state index in [-0.39, 0.29) is 23.3 Å². The minimum absolute atomic E-state index is 0.0130. The van der Waals surface area contributed by atoms with E-state index < -0.39 is 24.1 Å². The molecule has 8 nitrogen and oxygen atoms in total. The second kappa shape index (κ2) is 9.96. The van der Waals surface area contributed by atoms with Gasteiger partial charge in [-0.3, -0.25) is 4.79 Å². The number of para-hydroxylation sites is 1. The number of rotatable bonds is 7. The Bertz CT molecular complexity index is 1060. The molecule has 0 atom stereocenters. The molecule has 0 aliphatic carbocycles. The fourth-order valence-corrected chi connectivity index (χ4v) is 3.35. The third-order valence-corrected chi connectivity index (χ3v) is 4.90. The van der Waals surface area contributed by atoms with Crippen molar-refractivity contribution in [3.05, 3.63) is 57.6 Å². The minimum Gasteiger partial charge on any atom is -0.438 e. The molecule has 32 heavy (non-hydrogen) atoms. The summed E-state index contributed by atoms with van der Waals surface area (Å²) in [4.78, 5) is 21.3. The van der Waals surface area contributed by atoms with Gasteiger partial charge in [-0.25, -0.2) is 4.98 Å². The van der Waals surface area contributed by atoms with Crippen LogP contribution in [0.3, 0.4) is 0 Å². The molecule has 2 N–H and O–H groups in total. The van der Waals surface area contributed by atoms with Crippen molar-refractivity contribution < 1.29 is 27.8 Å². The summed E-state index contributed by atoms with van der Waals surface area (Å²) < 4.78 is 45.7. The first-order valence-electron chi connectivity index (χ1n) is 9.41. The topological polar surface area (TPSA) is 99.9 Å². The number of aliphatic hydroxyl groups is 1. The molecule has 0 spiro atoms. The Hall–Kier alpha value is -3.18. The molecule has 2 heterocycles. The number of aldehydes is 1. The Morgan fingerprint density at radius 1 is 1.38 bits per heavy atom. The van der Waals surface area contributed by atoms with Gasteiger partial charge in [0.25, 0.3) is 0 Å². The van der Waals surface area contributed by atoms with Crippen molar-refractivity contribution in [2.24, 2.45) is 5.10 Å². The number of halogens is 4. The number of hydrazone groups is 1. The van der Waals surface area contributed by atoms with E-state index in [2.05, 4.69) is 20.5 Å². The lowest BCUT2D eigenvalue weighted by Crippen LogP contribution is -2.33. The fraction of sp³-hybridized carbons (Fsp3) is 0.300. The van der Waals surface area contributed by atoms with Gasteiger partial charge in [-0.2, -0.15) is 23.3 Å². The standard InChI is InChI=1S/C20H19ClF3N5O3/c1-25-26-8-16(14(21)10-30)29-7-6-12-15(9-29)27-18(11-31)28-19(12)32-17-5-3-2-4-13(17)20(22,23)24/h2-5,8,10,25,31H,6-7,9,11H2,1H3/b16-14-,26-8-. The quantitative estimate of drug-likeness (QED) is 0.278. The number of benzene rings is 1. The summed E-state index contributed by atoms with van der Waals surface area (Å²) in [6.07, 6.45) is -2.45. The van der Waals surface area contributed by atoms with Crippen molar-refractivity contribution in [3.8, 4) is 11.6 Å². The van der Waals surface area contributed by atoms with E-state index in [0.29, 0.717) is 36.2 Å². The van der Waals surface area contributed by atoms with Crippen LogP contribution in [0.25, 0.3) is 0 Å². The van der Waals surface area contributed by atoms with Gasteiger partial charge in [0, 0.05) is 19.2 Å². The third-order valence-electron chi connectivity index (χ3n) is 4.62. The van der Waals surface area contributed by atoms with Crippen LogP contribution in [-0.2, 0) is 30.5 Å². The van der Waals surface area contributed by atoms with Crippen LogP contribution < -0.4 is 10.2 Å². The summed E-state index contributed by atoms with van der Waals surface area (Å²) >= 11 is 6.03. The Kier molecular flexibility index (Phi) is 7.31. The third kappa shape index (κ3) is 5.17. The van der Waals surface area contributed by atoms with Gasteiger partial charge in [0.15, 0.2) is 12.1 Å². The number of hydrogen-bond donors (Lipinski definition) is 2. The zero-order valence-electron chi connectivity index (χ0n) is 16.9. The van der Waals surface area contributed by atoms with Gasteiger partial charge < -0.3 is 20.2 Å². The lowest BCUT2D eigenvalue weighted by atomic mass is 10.0. The second-order valence-electron chi connectivity index (χ2n) is 6.63. The first-order chi connectivity index (χ1) is 15.3. The monoisotopic (exact) mass is 469 g/mol. The predicted molar refractivity (Wildman–Crippen MR) is 110 cm³/mol. The summed E-state index contributed by atoms with van der Waals surface area (Å²) in [5, 5.41) is 13.4. The normalized spacial score (nSPS) is 14.8. The highest BCUT2D eigenvalue weighted by Gasteiger charge is 2.35. The van der Waals surface area contributed by atoms with Crippen molar-refractivity contribution in [1.29, 1.82) is 0 Å². The molecule has 2 aromatic rings. The molecule has 0 unspecified atom stereocenters. The summed E-state index contributed by atoms with van der Waals surface area (Å²) in [7, 11) is 1.58. The van der Waals surface area contributed by atoms with Gasteiger partial charge in [-0.05, 0) is 18.6 Å². The molecule has 0 saturated heterocycles. The molecule has 0 fully saturated rings. The predicted octanol–water partition coefficient (Wildman–Crippen LogP) is 2.99. The molecule has 12 heteroatoms. The SMILES string of the molecule is CN/N=C\C(=C(\Cl)C=O)N1CCc2c(nc(CO)nc2Oc2ccccc2C(F)(F)F)C1. The van der Waals surface area contributed by atoms with Crippen LogP contribution in [0.15, 0.2) is 40.1 Å². The molecular formula is C20H19ClF3N5O3. The van der Waals surface area contributed by atoms with Crippen LogP contribution in [0.1, 0.15) is 22.6 Å². The lowest BCUT2D eigenvalue weighted by molar-refractivity contribution is -0.138. The minimum atomic E-state index is -4.61. The maximum absolute atomic E-state index is 13.4. The maximum Gasteiger partial charge on any atom is 0.419 e. The van der Waals surface area contributed by atoms with E-state index in [1.807, 2.05) is 0 Å². The molecule has 0 amide bonds. The van der Waals surface area contributed by atoms with Crippen molar-refractivity contribution in [1.82, 2.24) is 20.3 Å². The van der Waals surface area contributed by atoms with Crippen molar-refractivity contribution >= 4 is 24.1 Å². The van der Waals surface area contributed by atoms with Crippen molar-refractivity contribution in [2.45, 2.75) is 25.7 Å². The number of alkyl halides is 3. The molecule has 1 aromatic heterocycles. The lowest BCUT2D eigenvalue weighted by Gasteiger charge is -2.31. The maximum atomic E-state index is 13.4. The Morgan fingerprint density at radius 3 is 2.78 bits per heavy atom. The highest BCUT2D eigenvalue weighted by Crippen LogP contribution is 2.39. The summed E-state index contributed by atoms with van der Waals surface area (Å²) in [6, 6.07) is 4.80. The summed E-state index contributed by atoms with van der Waals surface area (Å²) in [5.74, 6) is -0.481. The number of carbonyl (C=O) groups is 1. The van der Waals surface area contributed by atoms with Crippen LogP contribution >= 0.6 is 11.6 Å². The smallest absolute Gasteiger partial charge is 0.419 e. The highest BCUT2D eigenvalue weighted by molar-refractivity contribution is 6.40. The Morgan fingerprint density at radius 2 is 2.12 bits per heavy atom. The summed E-state index contributed by atoms with van der Waals surface area (Å²) in [6.45, 7) is -0.0396. The number of ether oxygens (including phenoxy) is 1. The van der Waals surface area contributed by atoms with E-state index in [1.165, 1.54) is 24.4 Å². The Balaban J connectivity index is 2.01. The van der Waals surface area contributed by atoms with Crippen LogP contribution in [0.5, 0.6) is 11.6 Å². The molecule has 3 rings (SSSR count). The fourth-order valence-electron chi connectivity index (χ4n) is 3.18. The second-order valence-corrected chi connectivity index (χ2v) is 7.04. The largest absolute Gasteiger partial charge is 0.438 e. The molecule has 0 radical (unpaired) electrons. The number of hydrogen-bond acceptors (Lipinski definition) is 8. The molecule has 1 aliphatic rings. The van der Waals surface area contributed by atoms with Gasteiger partial charge in [-0.1, -0.05) is 23.7 Å². The van der Waals surface area contributed by atoms with Crippen LogP contribution in [0.4, 0.5) is 13.2 Å². The van der Waals surface area contributed by atoms with Crippen molar-refractivity contribution in [3.63, 3.8) is 0 Å². The molecule has 1 aromatic carbocycles. The average Bonchev–Trinajstić information content (AvgIpc) is 2.78. The first-order valence-corrected chi connectivity index (χ1v) is 9.79. The van der Waals surface area contributed by atoms with E-state index >= 15 is 0 Å². The number of fused-ring (bicyclic) bond motifs is 1. The number of carbonyl (C=O) groups excluding carboxylic acids is 1. The van der Waals surface area contributed by atoms with Crippen LogP contribution in [0.2, 0.25) is 0 Å². The van der Waals surface area contributed by atoms with Crippen LogP contribution in [-0.4, -0.2) is 46.1 Å². The van der Waals surface area contributed by atoms with Gasteiger partial charge >= 0.3 is 6.18 Å².